The molecule has 0 saturated carbocycles. The van der Waals surface area contributed by atoms with Crippen molar-refractivity contribution in [3.63, 3.8) is 0 Å². The molecule has 8 heteroatoms. The van der Waals surface area contributed by atoms with Gasteiger partial charge in [0.05, 0.1) is 10.0 Å². The van der Waals surface area contributed by atoms with Gasteiger partial charge in [-0.1, -0.05) is 30.1 Å². The van der Waals surface area contributed by atoms with E-state index < -0.39 is 20.9 Å². The van der Waals surface area contributed by atoms with E-state index in [2.05, 4.69) is 0 Å². The van der Waals surface area contributed by atoms with Gasteiger partial charge in [-0.3, -0.25) is 0 Å². The lowest BCUT2D eigenvalue weighted by molar-refractivity contribution is 0.192. The first-order valence-electron chi connectivity index (χ1n) is 6.66. The molecule has 1 heterocycles. The molecule has 0 radical (unpaired) electrons. The number of sulfonamides is 1. The second-order valence-electron chi connectivity index (χ2n) is 5.21. The van der Waals surface area contributed by atoms with Crippen molar-refractivity contribution in [1.29, 1.82) is 0 Å². The molecule has 0 bridgehead atoms. The summed E-state index contributed by atoms with van der Waals surface area (Å²) in [6.07, 6.45) is 1.65. The SMILES string of the molecule is CC1CCCN(S(=O)(=O)c2ccc(Cl)c(F)c2Cl)C1CN. The highest BCUT2D eigenvalue weighted by Crippen LogP contribution is 2.34. The largest absolute Gasteiger partial charge is 0.329 e. The van der Waals surface area contributed by atoms with Gasteiger partial charge >= 0.3 is 0 Å². The molecule has 0 spiro atoms. The van der Waals surface area contributed by atoms with Crippen molar-refractivity contribution < 1.29 is 12.8 Å². The average molecular weight is 355 g/mol. The van der Waals surface area contributed by atoms with Crippen LogP contribution in [0.1, 0.15) is 19.8 Å². The Morgan fingerprint density at radius 1 is 1.43 bits per heavy atom. The summed E-state index contributed by atoms with van der Waals surface area (Å²) in [6.45, 7) is 2.53. The Bertz CT molecular complexity index is 639. The number of benzene rings is 1. The first-order valence-corrected chi connectivity index (χ1v) is 8.85. The van der Waals surface area contributed by atoms with Gasteiger partial charge < -0.3 is 5.73 Å². The fraction of sp³-hybridized carbons (Fsp3) is 0.538. The standard InChI is InChI=1S/C13H17Cl2FN2O2S/c1-8-3-2-6-18(10(8)7-17)21(19,20)11-5-4-9(14)13(16)12(11)15/h4-5,8,10H,2-3,6-7,17H2,1H3. The molecule has 2 atom stereocenters. The Hall–Kier alpha value is -0.400. The number of nitrogens with two attached hydrogens (primary N) is 1. The highest BCUT2D eigenvalue weighted by molar-refractivity contribution is 7.89. The van der Waals surface area contributed by atoms with Gasteiger partial charge in [0.1, 0.15) is 4.90 Å². The molecule has 2 unspecified atom stereocenters. The fourth-order valence-corrected chi connectivity index (χ4v) is 5.18. The van der Waals surface area contributed by atoms with Crippen LogP contribution in [0.25, 0.3) is 0 Å². The summed E-state index contributed by atoms with van der Waals surface area (Å²) in [6, 6.07) is 2.12. The van der Waals surface area contributed by atoms with Crippen LogP contribution in [-0.4, -0.2) is 31.9 Å². The minimum Gasteiger partial charge on any atom is -0.329 e. The second-order valence-corrected chi connectivity index (χ2v) is 7.86. The van der Waals surface area contributed by atoms with Gasteiger partial charge in [-0.05, 0) is 30.9 Å². The van der Waals surface area contributed by atoms with E-state index in [0.29, 0.717) is 6.54 Å². The van der Waals surface area contributed by atoms with Crippen molar-refractivity contribution in [2.45, 2.75) is 30.7 Å². The van der Waals surface area contributed by atoms with E-state index in [1.54, 1.807) is 0 Å². The second kappa shape index (κ2) is 6.38. The van der Waals surface area contributed by atoms with Crippen LogP contribution >= 0.6 is 23.2 Å². The Balaban J connectivity index is 2.49. The predicted octanol–water partition coefficient (Wildman–Crippen LogP) is 2.88. The monoisotopic (exact) mass is 354 g/mol. The summed E-state index contributed by atoms with van der Waals surface area (Å²) in [5, 5.41) is -0.683. The van der Waals surface area contributed by atoms with Crippen LogP contribution in [0.4, 0.5) is 4.39 Å². The van der Waals surface area contributed by atoms with Crippen molar-refractivity contribution in [3.8, 4) is 0 Å². The molecule has 1 fully saturated rings. The van der Waals surface area contributed by atoms with Gasteiger partial charge in [-0.15, -0.1) is 0 Å². The molecule has 1 aromatic carbocycles. The zero-order chi connectivity index (χ0) is 15.8. The van der Waals surface area contributed by atoms with Crippen molar-refractivity contribution >= 4 is 33.2 Å². The number of halogens is 3. The lowest BCUT2D eigenvalue weighted by Gasteiger charge is -2.38. The van der Waals surface area contributed by atoms with Crippen LogP contribution in [0.5, 0.6) is 0 Å². The van der Waals surface area contributed by atoms with Crippen LogP contribution < -0.4 is 5.73 Å². The number of hydrogen-bond acceptors (Lipinski definition) is 3. The molecule has 0 aliphatic carbocycles. The molecule has 1 aromatic rings. The van der Waals surface area contributed by atoms with Crippen LogP contribution in [0, 0.1) is 11.7 Å². The first kappa shape index (κ1) is 17.0. The molecule has 2 N–H and O–H groups in total. The number of nitrogens with zero attached hydrogens (tertiary/aromatic N) is 1. The minimum absolute atomic E-state index is 0.148. The highest BCUT2D eigenvalue weighted by atomic mass is 35.5. The topological polar surface area (TPSA) is 63.4 Å². The van der Waals surface area contributed by atoms with Gasteiger partial charge in [0.15, 0.2) is 5.82 Å². The van der Waals surface area contributed by atoms with Gasteiger partial charge in [0.2, 0.25) is 10.0 Å². The molecule has 1 saturated heterocycles. The Kier molecular flexibility index (Phi) is 5.15. The zero-order valence-electron chi connectivity index (χ0n) is 11.5. The lowest BCUT2D eigenvalue weighted by atomic mass is 9.93. The number of hydrogen-bond donors (Lipinski definition) is 1. The molecule has 2 rings (SSSR count). The molecular weight excluding hydrogens is 338 g/mol. The third-order valence-electron chi connectivity index (χ3n) is 3.89. The Morgan fingerprint density at radius 2 is 2.10 bits per heavy atom. The van der Waals surface area contributed by atoms with Gasteiger partial charge in [0, 0.05) is 19.1 Å². The van der Waals surface area contributed by atoms with E-state index in [0.717, 1.165) is 12.8 Å². The molecule has 21 heavy (non-hydrogen) atoms. The number of rotatable bonds is 3. The summed E-state index contributed by atoms with van der Waals surface area (Å²) in [4.78, 5) is -0.265. The fourth-order valence-electron chi connectivity index (χ4n) is 2.69. The summed E-state index contributed by atoms with van der Waals surface area (Å²) in [7, 11) is -3.90. The summed E-state index contributed by atoms with van der Waals surface area (Å²) >= 11 is 11.4. The van der Waals surface area contributed by atoms with Crippen LogP contribution in [-0.2, 0) is 10.0 Å². The highest BCUT2D eigenvalue weighted by Gasteiger charge is 2.37. The maximum Gasteiger partial charge on any atom is 0.244 e. The van der Waals surface area contributed by atoms with Crippen molar-refractivity contribution in [3.05, 3.63) is 28.0 Å². The third-order valence-corrected chi connectivity index (χ3v) is 6.63. The maximum absolute atomic E-state index is 13.8. The molecule has 0 aromatic heterocycles. The normalized spacial score (nSPS) is 24.2. The van der Waals surface area contributed by atoms with E-state index in [1.165, 1.54) is 16.4 Å². The zero-order valence-corrected chi connectivity index (χ0v) is 13.8. The van der Waals surface area contributed by atoms with Crippen LogP contribution in [0.2, 0.25) is 10.0 Å². The van der Waals surface area contributed by atoms with E-state index in [-0.39, 0.29) is 28.4 Å². The molecule has 1 aliphatic rings. The summed E-state index contributed by atoms with van der Waals surface area (Å²) in [5.41, 5.74) is 5.72. The van der Waals surface area contributed by atoms with E-state index in [4.69, 9.17) is 28.9 Å². The first-order chi connectivity index (χ1) is 9.80. The summed E-state index contributed by atoms with van der Waals surface area (Å²) in [5.74, 6) is -0.775. The molecule has 0 amide bonds. The molecular formula is C13H17Cl2FN2O2S. The maximum atomic E-state index is 13.8. The van der Waals surface area contributed by atoms with Crippen molar-refractivity contribution in [2.75, 3.05) is 13.1 Å². The van der Waals surface area contributed by atoms with Crippen molar-refractivity contribution in [2.24, 2.45) is 11.7 Å². The molecule has 1 aliphatic heterocycles. The predicted molar refractivity (Wildman–Crippen MR) is 81.6 cm³/mol. The molecule has 118 valence electrons. The van der Waals surface area contributed by atoms with Crippen molar-refractivity contribution in [1.82, 2.24) is 4.31 Å². The van der Waals surface area contributed by atoms with Gasteiger partial charge in [0.25, 0.3) is 0 Å². The quantitative estimate of drug-likeness (QED) is 0.848. The minimum atomic E-state index is -3.90. The third kappa shape index (κ3) is 3.05. The van der Waals surface area contributed by atoms with Crippen LogP contribution in [0.3, 0.4) is 0 Å². The van der Waals surface area contributed by atoms with E-state index in [1.807, 2.05) is 6.92 Å². The van der Waals surface area contributed by atoms with Crippen LogP contribution in [0.15, 0.2) is 17.0 Å². The molecule has 4 nitrogen and oxygen atoms in total. The Labute approximate surface area is 134 Å². The smallest absolute Gasteiger partial charge is 0.244 e. The van der Waals surface area contributed by atoms with E-state index >= 15 is 0 Å². The van der Waals surface area contributed by atoms with E-state index in [9.17, 15) is 12.8 Å². The average Bonchev–Trinajstić information content (AvgIpc) is 2.44. The summed E-state index contributed by atoms with van der Waals surface area (Å²) < 4.78 is 40.6. The van der Waals surface area contributed by atoms with Gasteiger partial charge in [-0.25, -0.2) is 12.8 Å². The van der Waals surface area contributed by atoms with Gasteiger partial charge in [-0.2, -0.15) is 4.31 Å². The number of piperidine rings is 1. The Morgan fingerprint density at radius 3 is 2.71 bits per heavy atom. The lowest BCUT2D eigenvalue weighted by Crippen LogP contribution is -2.51.